The Hall–Kier alpha value is -2.08. The molecule has 0 nitrogen and oxygen atoms in total. The first-order chi connectivity index (χ1) is 14.2. The second-order valence-corrected chi connectivity index (χ2v) is 9.98. The van der Waals surface area contributed by atoms with Crippen molar-refractivity contribution in [1.82, 2.24) is 0 Å². The molecular formula is C29H32. The van der Waals surface area contributed by atoms with Crippen LogP contribution in [0.4, 0.5) is 0 Å². The summed E-state index contributed by atoms with van der Waals surface area (Å²) in [6, 6.07) is 0. The second kappa shape index (κ2) is 6.73. The van der Waals surface area contributed by atoms with Gasteiger partial charge in [0.15, 0.2) is 0 Å². The monoisotopic (exact) mass is 380 g/mol. The smallest absolute Gasteiger partial charge is 0.000842 e. The number of hydrogen-bond acceptors (Lipinski definition) is 0. The van der Waals surface area contributed by atoms with Gasteiger partial charge in [-0.25, -0.2) is 0 Å². The molecule has 6 rings (SSSR count). The summed E-state index contributed by atoms with van der Waals surface area (Å²) < 4.78 is 0. The molecule has 0 radical (unpaired) electrons. The SMILES string of the molecule is CC1=C(CC2=C(C)C=C3CC4=C(C=C32)CCCC4)C2=CC3=C(CCCC3)CC2=C1. The van der Waals surface area contributed by atoms with E-state index in [1.165, 1.54) is 75.4 Å². The Labute approximate surface area is 175 Å². The van der Waals surface area contributed by atoms with E-state index in [0.29, 0.717) is 0 Å². The molecule has 29 heavy (non-hydrogen) atoms. The van der Waals surface area contributed by atoms with E-state index in [9.17, 15) is 0 Å². The fraction of sp³-hybridized carbons (Fsp3) is 0.448. The Balaban J connectivity index is 1.33. The Bertz CT molecular complexity index is 979. The van der Waals surface area contributed by atoms with E-state index in [4.69, 9.17) is 0 Å². The molecule has 0 spiro atoms. The van der Waals surface area contributed by atoms with Crippen LogP contribution in [0.3, 0.4) is 0 Å². The predicted octanol–water partition coefficient (Wildman–Crippen LogP) is 8.29. The average Bonchev–Trinajstić information content (AvgIpc) is 3.20. The lowest BCUT2D eigenvalue weighted by molar-refractivity contribution is 0.664. The number of hydrogen-bond donors (Lipinski definition) is 0. The van der Waals surface area contributed by atoms with E-state index in [1.807, 2.05) is 0 Å². The van der Waals surface area contributed by atoms with Crippen LogP contribution in [0, 0.1) is 0 Å². The van der Waals surface area contributed by atoms with Crippen molar-refractivity contribution in [3.63, 3.8) is 0 Å². The molecule has 0 atom stereocenters. The van der Waals surface area contributed by atoms with Crippen molar-refractivity contribution in [2.45, 2.75) is 84.5 Å². The van der Waals surface area contributed by atoms with E-state index < -0.39 is 0 Å². The van der Waals surface area contributed by atoms with Crippen molar-refractivity contribution in [1.29, 1.82) is 0 Å². The van der Waals surface area contributed by atoms with Crippen LogP contribution in [-0.4, -0.2) is 0 Å². The zero-order valence-electron chi connectivity index (χ0n) is 18.1. The molecule has 6 aliphatic carbocycles. The van der Waals surface area contributed by atoms with Crippen LogP contribution in [0.2, 0.25) is 0 Å². The summed E-state index contributed by atoms with van der Waals surface area (Å²) in [5.74, 6) is 0. The Morgan fingerprint density at radius 3 is 1.52 bits per heavy atom. The van der Waals surface area contributed by atoms with Crippen molar-refractivity contribution in [2.24, 2.45) is 0 Å². The van der Waals surface area contributed by atoms with E-state index in [1.54, 1.807) is 55.7 Å². The largest absolute Gasteiger partial charge is 0.0626 e. The summed E-state index contributed by atoms with van der Waals surface area (Å²) in [4.78, 5) is 0. The van der Waals surface area contributed by atoms with Crippen molar-refractivity contribution in [3.8, 4) is 0 Å². The van der Waals surface area contributed by atoms with Gasteiger partial charge in [-0.3, -0.25) is 0 Å². The molecule has 0 saturated carbocycles. The highest BCUT2D eigenvalue weighted by atomic mass is 14.4. The van der Waals surface area contributed by atoms with E-state index in [-0.39, 0.29) is 0 Å². The van der Waals surface area contributed by atoms with Gasteiger partial charge >= 0.3 is 0 Å². The van der Waals surface area contributed by atoms with Crippen molar-refractivity contribution in [2.75, 3.05) is 0 Å². The van der Waals surface area contributed by atoms with Gasteiger partial charge in [0.2, 0.25) is 0 Å². The molecule has 148 valence electrons. The van der Waals surface area contributed by atoms with Gasteiger partial charge in [0.25, 0.3) is 0 Å². The van der Waals surface area contributed by atoms with Crippen LogP contribution in [0.15, 0.2) is 91.2 Å². The zero-order chi connectivity index (χ0) is 19.5. The fourth-order valence-corrected chi connectivity index (χ4v) is 6.51. The van der Waals surface area contributed by atoms with Gasteiger partial charge in [-0.2, -0.15) is 0 Å². The van der Waals surface area contributed by atoms with Gasteiger partial charge in [0.05, 0.1) is 0 Å². The Kier molecular flexibility index (Phi) is 4.12. The first-order valence-electron chi connectivity index (χ1n) is 11.8. The van der Waals surface area contributed by atoms with Crippen LogP contribution in [0.5, 0.6) is 0 Å². The zero-order valence-corrected chi connectivity index (χ0v) is 18.1. The molecular weight excluding hydrogens is 348 g/mol. The number of rotatable bonds is 2. The molecule has 0 aromatic rings. The van der Waals surface area contributed by atoms with E-state index in [0.717, 1.165) is 6.42 Å². The summed E-state index contributed by atoms with van der Waals surface area (Å²) >= 11 is 0. The molecule has 0 amide bonds. The predicted molar refractivity (Wildman–Crippen MR) is 123 cm³/mol. The van der Waals surface area contributed by atoms with Gasteiger partial charge in [-0.05, 0) is 140 Å². The lowest BCUT2D eigenvalue weighted by Gasteiger charge is -2.27. The minimum atomic E-state index is 1.11. The summed E-state index contributed by atoms with van der Waals surface area (Å²) in [6.45, 7) is 4.69. The third-order valence-corrected chi connectivity index (χ3v) is 8.13. The third-order valence-electron chi connectivity index (χ3n) is 8.13. The minimum absolute atomic E-state index is 1.11. The summed E-state index contributed by atoms with van der Waals surface area (Å²) in [7, 11) is 0. The van der Waals surface area contributed by atoms with Crippen molar-refractivity contribution in [3.05, 3.63) is 91.2 Å². The van der Waals surface area contributed by atoms with Crippen LogP contribution >= 0.6 is 0 Å². The quantitative estimate of drug-likeness (QED) is 0.452. The van der Waals surface area contributed by atoms with Crippen molar-refractivity contribution >= 4 is 0 Å². The van der Waals surface area contributed by atoms with Gasteiger partial charge in [0.1, 0.15) is 0 Å². The number of fused-ring (bicyclic) bond motifs is 2. The van der Waals surface area contributed by atoms with Crippen LogP contribution < -0.4 is 0 Å². The molecule has 0 saturated heterocycles. The lowest BCUT2D eigenvalue weighted by Crippen LogP contribution is -2.08. The summed E-state index contributed by atoms with van der Waals surface area (Å²) in [5.41, 5.74) is 19.4. The average molecular weight is 381 g/mol. The topological polar surface area (TPSA) is 0 Å². The maximum absolute atomic E-state index is 2.58. The van der Waals surface area contributed by atoms with E-state index >= 15 is 0 Å². The Morgan fingerprint density at radius 2 is 1.03 bits per heavy atom. The maximum Gasteiger partial charge on any atom is -0.000842 e. The van der Waals surface area contributed by atoms with Crippen LogP contribution in [0.25, 0.3) is 0 Å². The lowest BCUT2D eigenvalue weighted by atomic mass is 9.78. The third kappa shape index (κ3) is 2.87. The molecule has 0 aromatic carbocycles. The van der Waals surface area contributed by atoms with E-state index in [2.05, 4.69) is 38.2 Å². The van der Waals surface area contributed by atoms with Gasteiger partial charge in [-0.1, -0.05) is 35.5 Å². The molecule has 0 bridgehead atoms. The molecule has 0 N–H and O–H groups in total. The summed E-state index contributed by atoms with van der Waals surface area (Å²) in [6.07, 6.45) is 24.5. The molecule has 6 aliphatic rings. The molecule has 0 aromatic heterocycles. The maximum atomic E-state index is 2.58. The fourth-order valence-electron chi connectivity index (χ4n) is 6.51. The highest BCUT2D eigenvalue weighted by Crippen LogP contribution is 2.49. The molecule has 0 unspecified atom stereocenters. The van der Waals surface area contributed by atoms with Gasteiger partial charge in [0, 0.05) is 0 Å². The Morgan fingerprint density at radius 1 is 0.586 bits per heavy atom. The van der Waals surface area contributed by atoms with Gasteiger partial charge < -0.3 is 0 Å². The highest BCUT2D eigenvalue weighted by molar-refractivity contribution is 5.70. The van der Waals surface area contributed by atoms with Crippen LogP contribution in [0.1, 0.15) is 84.5 Å². The minimum Gasteiger partial charge on any atom is -0.0626 e. The van der Waals surface area contributed by atoms with Crippen molar-refractivity contribution < 1.29 is 0 Å². The molecule has 0 heterocycles. The standard InChI is InChI=1S/C29H32/c1-18-11-24-13-20-7-3-5-9-22(20)15-28(24)26(18)17-27-19(2)12-25-14-21-8-4-6-10-23(21)16-29(25)27/h11-12,15-16H,3-10,13-14,17H2,1-2H3. The highest BCUT2D eigenvalue weighted by Gasteiger charge is 2.31. The number of allylic oxidation sites excluding steroid dienone is 16. The first kappa shape index (κ1) is 17.8. The second-order valence-electron chi connectivity index (χ2n) is 9.98. The van der Waals surface area contributed by atoms with Gasteiger partial charge in [-0.15, -0.1) is 0 Å². The molecule has 0 fully saturated rings. The first-order valence-corrected chi connectivity index (χ1v) is 11.8. The van der Waals surface area contributed by atoms with Crippen LogP contribution in [-0.2, 0) is 0 Å². The normalized spacial score (nSPS) is 26.0. The summed E-state index contributed by atoms with van der Waals surface area (Å²) in [5, 5.41) is 0. The molecule has 0 aliphatic heterocycles. The molecule has 0 heteroatoms.